The number of benzene rings is 1. The monoisotopic (exact) mass is 372 g/mol. The van der Waals surface area contributed by atoms with E-state index < -0.39 is 0 Å². The molecule has 2 heterocycles. The normalized spacial score (nSPS) is 15.1. The molecule has 0 radical (unpaired) electrons. The van der Waals surface area contributed by atoms with Crippen molar-refractivity contribution >= 4 is 28.8 Å². The van der Waals surface area contributed by atoms with E-state index in [2.05, 4.69) is 22.1 Å². The average molecular weight is 372 g/mol. The molecule has 1 aliphatic heterocycles. The Bertz CT molecular complexity index is 781. The van der Waals surface area contributed by atoms with Gasteiger partial charge in [-0.05, 0) is 25.0 Å². The minimum absolute atomic E-state index is 0.0102. The number of piperazine rings is 1. The molecule has 0 unspecified atom stereocenters. The Labute approximate surface area is 157 Å². The summed E-state index contributed by atoms with van der Waals surface area (Å²) in [6.45, 7) is 6.95. The average Bonchev–Trinajstić information content (AvgIpc) is 3.08. The fourth-order valence-electron chi connectivity index (χ4n) is 3.10. The fraction of sp³-hybridized carbons (Fsp3) is 0.421. The van der Waals surface area contributed by atoms with Crippen LogP contribution in [0.4, 0.5) is 5.69 Å². The van der Waals surface area contributed by atoms with Crippen molar-refractivity contribution < 1.29 is 9.59 Å². The Morgan fingerprint density at radius 1 is 1.19 bits per heavy atom. The first-order valence-corrected chi connectivity index (χ1v) is 9.76. The highest BCUT2D eigenvalue weighted by Crippen LogP contribution is 2.17. The van der Waals surface area contributed by atoms with Crippen LogP contribution in [0.15, 0.2) is 29.8 Å². The highest BCUT2D eigenvalue weighted by atomic mass is 32.1. The zero-order valence-corrected chi connectivity index (χ0v) is 16.0. The van der Waals surface area contributed by atoms with E-state index in [1.807, 2.05) is 36.1 Å². The van der Waals surface area contributed by atoms with Crippen molar-refractivity contribution in [2.75, 3.05) is 38.0 Å². The molecule has 26 heavy (non-hydrogen) atoms. The van der Waals surface area contributed by atoms with E-state index in [9.17, 15) is 9.59 Å². The van der Waals surface area contributed by atoms with Crippen LogP contribution in [-0.4, -0.2) is 59.3 Å². The van der Waals surface area contributed by atoms with Gasteiger partial charge in [-0.25, -0.2) is 4.98 Å². The van der Waals surface area contributed by atoms with Crippen LogP contribution in [0.25, 0.3) is 0 Å². The molecule has 1 fully saturated rings. The molecule has 6 nitrogen and oxygen atoms in total. The summed E-state index contributed by atoms with van der Waals surface area (Å²) in [5.41, 5.74) is 4.51. The van der Waals surface area contributed by atoms with Gasteiger partial charge < -0.3 is 10.2 Å². The van der Waals surface area contributed by atoms with Gasteiger partial charge in [0.1, 0.15) is 4.88 Å². The third-order valence-electron chi connectivity index (χ3n) is 4.64. The third-order valence-corrected chi connectivity index (χ3v) is 5.56. The van der Waals surface area contributed by atoms with E-state index in [0.29, 0.717) is 37.6 Å². The molecule has 1 aromatic heterocycles. The van der Waals surface area contributed by atoms with Crippen molar-refractivity contribution in [1.29, 1.82) is 0 Å². The number of nitrogens with zero attached hydrogens (tertiary/aromatic N) is 3. The topological polar surface area (TPSA) is 65.5 Å². The summed E-state index contributed by atoms with van der Waals surface area (Å²) < 4.78 is 0. The lowest BCUT2D eigenvalue weighted by Gasteiger charge is -2.34. The van der Waals surface area contributed by atoms with Crippen molar-refractivity contribution in [2.45, 2.75) is 20.3 Å². The lowest BCUT2D eigenvalue weighted by Crippen LogP contribution is -2.50. The molecule has 1 aliphatic rings. The molecular formula is C19H24N4O2S. The molecule has 1 N–H and O–H groups in total. The maximum atomic E-state index is 12.5. The summed E-state index contributed by atoms with van der Waals surface area (Å²) in [6.07, 6.45) is 0.883. The van der Waals surface area contributed by atoms with Crippen LogP contribution in [0.5, 0.6) is 0 Å². The number of anilines is 1. The van der Waals surface area contributed by atoms with Gasteiger partial charge in [-0.3, -0.25) is 14.5 Å². The van der Waals surface area contributed by atoms with Crippen LogP contribution in [0.1, 0.15) is 27.9 Å². The largest absolute Gasteiger partial charge is 0.335 e. The van der Waals surface area contributed by atoms with Gasteiger partial charge in [0.15, 0.2) is 0 Å². The summed E-state index contributed by atoms with van der Waals surface area (Å²) in [5.74, 6) is 0.0370. The van der Waals surface area contributed by atoms with E-state index in [0.717, 1.165) is 23.4 Å². The van der Waals surface area contributed by atoms with Gasteiger partial charge in [0.05, 0.1) is 17.7 Å². The van der Waals surface area contributed by atoms with E-state index >= 15 is 0 Å². The van der Waals surface area contributed by atoms with E-state index in [4.69, 9.17) is 0 Å². The van der Waals surface area contributed by atoms with Crippen LogP contribution < -0.4 is 5.32 Å². The lowest BCUT2D eigenvalue weighted by atomic mass is 10.1. The van der Waals surface area contributed by atoms with Gasteiger partial charge in [-0.15, -0.1) is 11.3 Å². The van der Waals surface area contributed by atoms with Gasteiger partial charge >= 0.3 is 0 Å². The van der Waals surface area contributed by atoms with Crippen LogP contribution in [0, 0.1) is 6.92 Å². The SMILES string of the molecule is CCc1ccccc1NC(=O)CN1CCN(C(=O)c2scnc2C)CC1. The molecule has 138 valence electrons. The quantitative estimate of drug-likeness (QED) is 0.875. The second-order valence-electron chi connectivity index (χ2n) is 6.39. The summed E-state index contributed by atoms with van der Waals surface area (Å²) in [7, 11) is 0. The number of carbonyl (C=O) groups excluding carboxylic acids is 2. The maximum Gasteiger partial charge on any atom is 0.265 e. The number of aromatic nitrogens is 1. The molecular weight excluding hydrogens is 348 g/mol. The molecule has 0 bridgehead atoms. The van der Waals surface area contributed by atoms with E-state index in [1.165, 1.54) is 11.3 Å². The van der Waals surface area contributed by atoms with Crippen LogP contribution in [-0.2, 0) is 11.2 Å². The Morgan fingerprint density at radius 3 is 2.58 bits per heavy atom. The molecule has 1 saturated heterocycles. The summed E-state index contributed by atoms with van der Waals surface area (Å²) in [4.78, 5) is 33.7. The lowest BCUT2D eigenvalue weighted by molar-refractivity contribution is -0.117. The van der Waals surface area contributed by atoms with Crippen molar-refractivity contribution in [1.82, 2.24) is 14.8 Å². The molecule has 0 spiro atoms. The number of aryl methyl sites for hydroxylation is 2. The molecule has 7 heteroatoms. The molecule has 1 aromatic carbocycles. The third kappa shape index (κ3) is 4.28. The zero-order valence-electron chi connectivity index (χ0n) is 15.2. The summed E-state index contributed by atoms with van der Waals surface area (Å²) in [6, 6.07) is 7.88. The Hall–Kier alpha value is -2.25. The molecule has 2 aromatic rings. The predicted octanol–water partition coefficient (Wildman–Crippen LogP) is 2.41. The first-order chi connectivity index (χ1) is 12.6. The van der Waals surface area contributed by atoms with Gasteiger partial charge in [0.2, 0.25) is 5.91 Å². The van der Waals surface area contributed by atoms with Gasteiger partial charge in [-0.2, -0.15) is 0 Å². The van der Waals surface area contributed by atoms with Crippen LogP contribution in [0.3, 0.4) is 0 Å². The minimum atomic E-state index is -0.0102. The Kier molecular flexibility index (Phi) is 6.00. The second kappa shape index (κ2) is 8.42. The van der Waals surface area contributed by atoms with E-state index in [1.54, 1.807) is 5.51 Å². The number of hydrogen-bond donors (Lipinski definition) is 1. The predicted molar refractivity (Wildman–Crippen MR) is 104 cm³/mol. The highest BCUT2D eigenvalue weighted by molar-refractivity contribution is 7.11. The first kappa shape index (κ1) is 18.5. The van der Waals surface area contributed by atoms with Gasteiger partial charge in [0.25, 0.3) is 5.91 Å². The molecule has 0 atom stereocenters. The van der Waals surface area contributed by atoms with Crippen LogP contribution in [0.2, 0.25) is 0 Å². The Balaban J connectivity index is 1.50. The first-order valence-electron chi connectivity index (χ1n) is 8.88. The molecule has 3 rings (SSSR count). The fourth-order valence-corrected chi connectivity index (χ4v) is 3.87. The summed E-state index contributed by atoms with van der Waals surface area (Å²) >= 11 is 1.39. The van der Waals surface area contributed by atoms with Crippen molar-refractivity contribution in [3.05, 3.63) is 45.9 Å². The number of hydrogen-bond acceptors (Lipinski definition) is 5. The number of carbonyl (C=O) groups is 2. The van der Waals surface area contributed by atoms with Crippen molar-refractivity contribution in [3.63, 3.8) is 0 Å². The van der Waals surface area contributed by atoms with Gasteiger partial charge in [0, 0.05) is 31.9 Å². The minimum Gasteiger partial charge on any atom is -0.335 e. The number of rotatable bonds is 5. The number of nitrogens with one attached hydrogen (secondary N) is 1. The van der Waals surface area contributed by atoms with Crippen molar-refractivity contribution in [2.24, 2.45) is 0 Å². The zero-order chi connectivity index (χ0) is 18.5. The Morgan fingerprint density at radius 2 is 1.92 bits per heavy atom. The van der Waals surface area contributed by atoms with Crippen molar-refractivity contribution in [3.8, 4) is 0 Å². The molecule has 2 amide bonds. The summed E-state index contributed by atoms with van der Waals surface area (Å²) in [5, 5.41) is 3.00. The highest BCUT2D eigenvalue weighted by Gasteiger charge is 2.25. The second-order valence-corrected chi connectivity index (χ2v) is 7.25. The number of amides is 2. The van der Waals surface area contributed by atoms with Gasteiger partial charge in [-0.1, -0.05) is 25.1 Å². The maximum absolute atomic E-state index is 12.5. The standard InChI is InChI=1S/C19H24N4O2S/c1-3-15-6-4-5-7-16(15)21-17(24)12-22-8-10-23(11-9-22)19(25)18-14(2)20-13-26-18/h4-7,13H,3,8-12H2,1-2H3,(H,21,24). The number of para-hydroxylation sites is 1. The van der Waals surface area contributed by atoms with E-state index in [-0.39, 0.29) is 11.8 Å². The number of thiazole rings is 1. The smallest absolute Gasteiger partial charge is 0.265 e. The molecule has 0 saturated carbocycles. The molecule has 0 aliphatic carbocycles. The van der Waals surface area contributed by atoms with Crippen LogP contribution >= 0.6 is 11.3 Å².